The van der Waals surface area contributed by atoms with Gasteiger partial charge in [-0.25, -0.2) is 4.98 Å². The Morgan fingerprint density at radius 1 is 1.12 bits per heavy atom. The number of ketones is 1. The number of hydrogen-bond donors (Lipinski definition) is 1. The molecule has 1 heterocycles. The van der Waals surface area contributed by atoms with Crippen molar-refractivity contribution in [2.75, 3.05) is 0 Å². The van der Waals surface area contributed by atoms with Crippen LogP contribution in [-0.4, -0.2) is 20.4 Å². The van der Waals surface area contributed by atoms with Crippen molar-refractivity contribution in [2.45, 2.75) is 26.3 Å². The number of carbonyl (C=O) groups is 1. The quantitative estimate of drug-likeness (QED) is 0.751. The Hall–Kier alpha value is -2.88. The Labute approximate surface area is 141 Å². The number of aromatic hydroxyl groups is 1. The molecule has 0 bridgehead atoms. The molecule has 0 radical (unpaired) electrons. The van der Waals surface area contributed by atoms with Crippen LogP contribution in [0.5, 0.6) is 5.75 Å². The van der Waals surface area contributed by atoms with Crippen LogP contribution in [0.25, 0.3) is 11.3 Å². The molecule has 24 heavy (non-hydrogen) atoms. The Morgan fingerprint density at radius 3 is 2.62 bits per heavy atom. The van der Waals surface area contributed by atoms with Crippen molar-refractivity contribution >= 4 is 5.78 Å². The van der Waals surface area contributed by atoms with E-state index in [0.29, 0.717) is 19.4 Å². The Morgan fingerprint density at radius 2 is 1.92 bits per heavy atom. The number of imidazole rings is 1. The van der Waals surface area contributed by atoms with Gasteiger partial charge in [0.15, 0.2) is 0 Å². The molecular formula is C20H20N2O2. The molecule has 1 N–H and O–H groups in total. The number of aromatic nitrogens is 2. The summed E-state index contributed by atoms with van der Waals surface area (Å²) in [6.45, 7) is 2.22. The molecule has 122 valence electrons. The Bertz CT molecular complexity index is 838. The monoisotopic (exact) mass is 320 g/mol. The van der Waals surface area contributed by atoms with Crippen molar-refractivity contribution in [1.29, 1.82) is 0 Å². The average Bonchev–Trinajstić information content (AvgIpc) is 2.96. The smallest absolute Gasteiger partial charge is 0.130 e. The molecule has 1 aromatic heterocycles. The van der Waals surface area contributed by atoms with E-state index in [0.717, 1.165) is 22.5 Å². The van der Waals surface area contributed by atoms with Crippen LogP contribution < -0.4 is 0 Å². The molecule has 0 aliphatic rings. The van der Waals surface area contributed by atoms with Crippen LogP contribution in [0.4, 0.5) is 0 Å². The summed E-state index contributed by atoms with van der Waals surface area (Å²) < 4.78 is 2.06. The van der Waals surface area contributed by atoms with Crippen LogP contribution in [0.1, 0.15) is 24.6 Å². The molecule has 3 aromatic rings. The highest BCUT2D eigenvalue weighted by molar-refractivity contribution is 5.76. The van der Waals surface area contributed by atoms with Crippen LogP contribution in [0.3, 0.4) is 0 Å². The normalized spacial score (nSPS) is 10.7. The molecule has 0 aliphatic carbocycles. The van der Waals surface area contributed by atoms with E-state index in [1.54, 1.807) is 19.1 Å². The summed E-state index contributed by atoms with van der Waals surface area (Å²) in [6.07, 6.45) is 2.95. The summed E-state index contributed by atoms with van der Waals surface area (Å²) in [5, 5.41) is 9.65. The number of nitrogens with zero attached hydrogens (tertiary/aromatic N) is 2. The number of rotatable bonds is 6. The second-order valence-corrected chi connectivity index (χ2v) is 5.91. The second kappa shape index (κ2) is 7.13. The molecule has 4 heteroatoms. The molecule has 0 atom stereocenters. The minimum atomic E-state index is 0.166. The molecule has 0 amide bonds. The highest BCUT2D eigenvalue weighted by atomic mass is 16.3. The third-order valence-electron chi connectivity index (χ3n) is 3.97. The van der Waals surface area contributed by atoms with Gasteiger partial charge in [0.25, 0.3) is 0 Å². The average molecular weight is 320 g/mol. The van der Waals surface area contributed by atoms with Gasteiger partial charge in [-0.1, -0.05) is 42.5 Å². The van der Waals surface area contributed by atoms with E-state index in [1.165, 1.54) is 0 Å². The van der Waals surface area contributed by atoms with Gasteiger partial charge < -0.3 is 14.5 Å². The molecule has 2 aromatic carbocycles. The van der Waals surface area contributed by atoms with Crippen LogP contribution in [-0.2, 0) is 17.8 Å². The lowest BCUT2D eigenvalue weighted by atomic mass is 10.1. The van der Waals surface area contributed by atoms with Gasteiger partial charge in [-0.3, -0.25) is 0 Å². The summed E-state index contributed by atoms with van der Waals surface area (Å²) >= 11 is 0. The number of Topliss-reactive ketones (excluding diaryl/α,β-unsaturated/α-hetero) is 1. The van der Waals surface area contributed by atoms with Crippen LogP contribution in [0.2, 0.25) is 0 Å². The van der Waals surface area contributed by atoms with E-state index in [-0.39, 0.29) is 11.5 Å². The van der Waals surface area contributed by atoms with Crippen LogP contribution in [0, 0.1) is 0 Å². The number of phenolic OH excluding ortho intramolecular Hbond substituents is 1. The standard InChI is InChI=1S/C20H20N2O2/c1-15(23)10-11-19-20(17-7-3-2-4-8-17)21-14-22(19)13-16-6-5-9-18(24)12-16/h2-9,12,14,24H,10-11,13H2,1H3. The number of phenols is 1. The van der Waals surface area contributed by atoms with Crippen molar-refractivity contribution in [3.63, 3.8) is 0 Å². The van der Waals surface area contributed by atoms with E-state index in [9.17, 15) is 9.90 Å². The first-order chi connectivity index (χ1) is 11.6. The second-order valence-electron chi connectivity index (χ2n) is 5.91. The fraction of sp³-hybridized carbons (Fsp3) is 0.200. The van der Waals surface area contributed by atoms with Gasteiger partial charge in [0.2, 0.25) is 0 Å². The minimum absolute atomic E-state index is 0.166. The summed E-state index contributed by atoms with van der Waals surface area (Å²) in [5.74, 6) is 0.417. The van der Waals surface area contributed by atoms with Crippen molar-refractivity contribution in [3.05, 3.63) is 72.2 Å². The van der Waals surface area contributed by atoms with Crippen molar-refractivity contribution in [1.82, 2.24) is 9.55 Å². The fourth-order valence-corrected chi connectivity index (χ4v) is 2.79. The lowest BCUT2D eigenvalue weighted by Crippen LogP contribution is -2.06. The van der Waals surface area contributed by atoms with Crippen molar-refractivity contribution in [2.24, 2.45) is 0 Å². The van der Waals surface area contributed by atoms with Gasteiger partial charge in [-0.15, -0.1) is 0 Å². The first kappa shape index (κ1) is 16.0. The van der Waals surface area contributed by atoms with Gasteiger partial charge in [0.1, 0.15) is 11.5 Å². The Kier molecular flexibility index (Phi) is 4.75. The molecule has 3 rings (SSSR count). The maximum absolute atomic E-state index is 11.4. The third kappa shape index (κ3) is 3.71. The maximum Gasteiger partial charge on any atom is 0.130 e. The van der Waals surface area contributed by atoms with Crippen LogP contribution in [0.15, 0.2) is 60.9 Å². The topological polar surface area (TPSA) is 55.1 Å². The molecule has 0 saturated heterocycles. The van der Waals surface area contributed by atoms with Gasteiger partial charge in [0.05, 0.1) is 12.0 Å². The van der Waals surface area contributed by atoms with Gasteiger partial charge in [0, 0.05) is 24.2 Å². The third-order valence-corrected chi connectivity index (χ3v) is 3.97. The molecule has 0 unspecified atom stereocenters. The minimum Gasteiger partial charge on any atom is -0.508 e. The van der Waals surface area contributed by atoms with Crippen molar-refractivity contribution in [3.8, 4) is 17.0 Å². The largest absolute Gasteiger partial charge is 0.508 e. The highest BCUT2D eigenvalue weighted by Crippen LogP contribution is 2.24. The molecule has 0 spiro atoms. The lowest BCUT2D eigenvalue weighted by molar-refractivity contribution is -0.117. The molecular weight excluding hydrogens is 300 g/mol. The van der Waals surface area contributed by atoms with Gasteiger partial charge in [-0.2, -0.15) is 0 Å². The van der Waals surface area contributed by atoms with E-state index in [1.807, 2.05) is 48.8 Å². The number of hydrogen-bond acceptors (Lipinski definition) is 3. The van der Waals surface area contributed by atoms with Crippen LogP contribution >= 0.6 is 0 Å². The maximum atomic E-state index is 11.4. The fourth-order valence-electron chi connectivity index (χ4n) is 2.79. The number of carbonyl (C=O) groups excluding carboxylic acids is 1. The zero-order chi connectivity index (χ0) is 16.9. The van der Waals surface area contributed by atoms with Crippen molar-refractivity contribution < 1.29 is 9.90 Å². The van der Waals surface area contributed by atoms with Gasteiger partial charge in [-0.05, 0) is 31.0 Å². The first-order valence-electron chi connectivity index (χ1n) is 8.00. The highest BCUT2D eigenvalue weighted by Gasteiger charge is 2.14. The Balaban J connectivity index is 1.96. The molecule has 0 fully saturated rings. The van der Waals surface area contributed by atoms with E-state index >= 15 is 0 Å². The molecule has 0 aliphatic heterocycles. The summed E-state index contributed by atoms with van der Waals surface area (Å²) in [7, 11) is 0. The lowest BCUT2D eigenvalue weighted by Gasteiger charge is -2.10. The summed E-state index contributed by atoms with van der Waals surface area (Å²) in [4.78, 5) is 16.0. The predicted octanol–water partition coefficient (Wildman–Crippen LogP) is 3.83. The van der Waals surface area contributed by atoms with E-state index in [2.05, 4.69) is 9.55 Å². The van der Waals surface area contributed by atoms with Gasteiger partial charge >= 0.3 is 0 Å². The summed E-state index contributed by atoms with van der Waals surface area (Å²) in [5.41, 5.74) is 4.00. The van der Waals surface area contributed by atoms with E-state index in [4.69, 9.17) is 0 Å². The zero-order valence-corrected chi connectivity index (χ0v) is 13.6. The zero-order valence-electron chi connectivity index (χ0n) is 13.6. The molecule has 4 nitrogen and oxygen atoms in total. The number of benzene rings is 2. The molecule has 0 saturated carbocycles. The predicted molar refractivity (Wildman–Crippen MR) is 93.9 cm³/mol. The SMILES string of the molecule is CC(=O)CCc1c(-c2ccccc2)ncn1Cc1cccc(O)c1. The first-order valence-corrected chi connectivity index (χ1v) is 8.00. The summed E-state index contributed by atoms with van der Waals surface area (Å²) in [6, 6.07) is 17.2. The van der Waals surface area contributed by atoms with E-state index < -0.39 is 0 Å².